The number of carbonyl (C=O) groups excluding carboxylic acids is 1. The Hall–Kier alpha value is -1.62. The Morgan fingerprint density at radius 3 is 3.00 bits per heavy atom. The summed E-state index contributed by atoms with van der Waals surface area (Å²) in [7, 11) is 5.49. The van der Waals surface area contributed by atoms with Gasteiger partial charge in [-0.1, -0.05) is 0 Å². The van der Waals surface area contributed by atoms with Crippen molar-refractivity contribution in [1.29, 1.82) is 0 Å². The third-order valence-electron chi connectivity index (χ3n) is 3.56. The molecule has 5 heteroatoms. The van der Waals surface area contributed by atoms with Crippen LogP contribution in [0.5, 0.6) is 0 Å². The van der Waals surface area contributed by atoms with Crippen LogP contribution in [0.1, 0.15) is 23.3 Å². The first-order valence-corrected chi connectivity index (χ1v) is 6.71. The number of likely N-dealkylation sites (N-methyl/N-ethyl adjacent to an activating group) is 1. The molecule has 1 aliphatic rings. The van der Waals surface area contributed by atoms with Crippen molar-refractivity contribution in [2.45, 2.75) is 18.9 Å². The summed E-state index contributed by atoms with van der Waals surface area (Å²) in [5.74, 6) is -0.0518. The van der Waals surface area contributed by atoms with Gasteiger partial charge in [0.25, 0.3) is 5.91 Å². The molecule has 1 amide bonds. The van der Waals surface area contributed by atoms with Gasteiger partial charge in [0.05, 0.1) is 0 Å². The highest BCUT2D eigenvalue weighted by molar-refractivity contribution is 5.92. The lowest BCUT2D eigenvalue weighted by atomic mass is 10.1. The predicted octanol–water partition coefficient (Wildman–Crippen LogP) is 0.972. The van der Waals surface area contributed by atoms with Crippen LogP contribution in [-0.2, 0) is 0 Å². The van der Waals surface area contributed by atoms with Crippen LogP contribution in [0.15, 0.2) is 18.3 Å². The minimum atomic E-state index is -0.0518. The summed E-state index contributed by atoms with van der Waals surface area (Å²) in [6, 6.07) is 4.39. The van der Waals surface area contributed by atoms with Crippen LogP contribution in [-0.4, -0.2) is 56.1 Å². The van der Waals surface area contributed by atoms with Crippen molar-refractivity contribution < 1.29 is 4.79 Å². The van der Waals surface area contributed by atoms with Gasteiger partial charge in [-0.3, -0.25) is 9.78 Å². The second kappa shape index (κ2) is 6.02. The molecule has 1 fully saturated rings. The lowest BCUT2D eigenvalue weighted by Crippen LogP contribution is -2.44. The van der Waals surface area contributed by atoms with E-state index in [-0.39, 0.29) is 5.91 Å². The highest BCUT2D eigenvalue weighted by Crippen LogP contribution is 2.20. The molecule has 0 bridgehead atoms. The topological polar surface area (TPSA) is 48.5 Å². The molecule has 1 unspecified atom stereocenters. The van der Waals surface area contributed by atoms with Crippen LogP contribution in [0.25, 0.3) is 0 Å². The Morgan fingerprint density at radius 2 is 2.32 bits per heavy atom. The number of piperidine rings is 1. The zero-order chi connectivity index (χ0) is 13.8. The molecule has 104 valence electrons. The normalized spacial score (nSPS) is 19.3. The molecule has 1 atom stereocenters. The zero-order valence-corrected chi connectivity index (χ0v) is 11.9. The fourth-order valence-electron chi connectivity index (χ4n) is 2.41. The third kappa shape index (κ3) is 3.23. The molecule has 0 aliphatic carbocycles. The van der Waals surface area contributed by atoms with Crippen molar-refractivity contribution in [3.8, 4) is 0 Å². The molecule has 0 radical (unpaired) electrons. The van der Waals surface area contributed by atoms with Crippen LogP contribution in [0.3, 0.4) is 0 Å². The van der Waals surface area contributed by atoms with E-state index in [4.69, 9.17) is 0 Å². The lowest BCUT2D eigenvalue weighted by Gasteiger charge is -2.34. The molecular formula is C14H22N4O. The van der Waals surface area contributed by atoms with Crippen LogP contribution in [0.4, 0.5) is 5.69 Å². The average Bonchev–Trinajstić information content (AvgIpc) is 2.46. The van der Waals surface area contributed by atoms with Crippen LogP contribution in [0.2, 0.25) is 0 Å². The number of hydrogen-bond acceptors (Lipinski definition) is 4. The highest BCUT2D eigenvalue weighted by atomic mass is 16.2. The predicted molar refractivity (Wildman–Crippen MR) is 76.5 cm³/mol. The van der Waals surface area contributed by atoms with E-state index in [9.17, 15) is 4.79 Å². The molecule has 19 heavy (non-hydrogen) atoms. The number of nitrogens with one attached hydrogen (secondary N) is 1. The summed E-state index contributed by atoms with van der Waals surface area (Å²) in [5.41, 5.74) is 1.59. The van der Waals surface area contributed by atoms with E-state index in [0.29, 0.717) is 11.7 Å². The Bertz CT molecular complexity index is 447. The molecule has 1 aromatic heterocycles. The molecule has 2 rings (SSSR count). The molecule has 1 aliphatic heterocycles. The smallest absolute Gasteiger partial charge is 0.272 e. The fourth-order valence-corrected chi connectivity index (χ4v) is 2.41. The molecule has 0 spiro atoms. The van der Waals surface area contributed by atoms with Crippen molar-refractivity contribution in [2.24, 2.45) is 0 Å². The summed E-state index contributed by atoms with van der Waals surface area (Å²) < 4.78 is 0. The summed E-state index contributed by atoms with van der Waals surface area (Å²) in [6.07, 6.45) is 4.10. The summed E-state index contributed by atoms with van der Waals surface area (Å²) in [4.78, 5) is 20.0. The first-order valence-electron chi connectivity index (χ1n) is 6.71. The Labute approximate surface area is 114 Å². The number of rotatable bonds is 3. The number of hydrogen-bond donors (Lipinski definition) is 1. The minimum Gasteiger partial charge on any atom is -0.370 e. The standard InChI is InChI=1S/C14H22N4O/c1-15-11-5-4-8-18(10-11)12-6-7-16-13(9-12)14(19)17(2)3/h6-7,9,11,15H,4-5,8,10H2,1-3H3. The second-order valence-electron chi connectivity index (χ2n) is 5.17. The van der Waals surface area contributed by atoms with Gasteiger partial charge in [0, 0.05) is 45.1 Å². The third-order valence-corrected chi connectivity index (χ3v) is 3.56. The largest absolute Gasteiger partial charge is 0.370 e. The Morgan fingerprint density at radius 1 is 1.53 bits per heavy atom. The van der Waals surface area contributed by atoms with Gasteiger partial charge in [0.1, 0.15) is 5.69 Å². The van der Waals surface area contributed by atoms with Crippen LogP contribution >= 0.6 is 0 Å². The van der Waals surface area contributed by atoms with Crippen molar-refractivity contribution in [3.63, 3.8) is 0 Å². The maximum absolute atomic E-state index is 11.9. The van der Waals surface area contributed by atoms with Gasteiger partial charge < -0.3 is 15.1 Å². The number of amides is 1. The molecule has 2 heterocycles. The van der Waals surface area contributed by atoms with Gasteiger partial charge in [0.15, 0.2) is 0 Å². The van der Waals surface area contributed by atoms with Gasteiger partial charge >= 0.3 is 0 Å². The average molecular weight is 262 g/mol. The van der Waals surface area contributed by atoms with Crippen LogP contribution in [0, 0.1) is 0 Å². The maximum atomic E-state index is 11.9. The Balaban J connectivity index is 2.16. The quantitative estimate of drug-likeness (QED) is 0.882. The van der Waals surface area contributed by atoms with E-state index < -0.39 is 0 Å². The van der Waals surface area contributed by atoms with E-state index in [1.54, 1.807) is 25.2 Å². The van der Waals surface area contributed by atoms with Gasteiger partial charge in [-0.15, -0.1) is 0 Å². The van der Waals surface area contributed by atoms with Gasteiger partial charge in [-0.25, -0.2) is 0 Å². The molecule has 1 N–H and O–H groups in total. The van der Waals surface area contributed by atoms with Gasteiger partial charge in [-0.05, 0) is 32.0 Å². The van der Waals surface area contributed by atoms with Gasteiger partial charge in [-0.2, -0.15) is 0 Å². The van der Waals surface area contributed by atoms with Gasteiger partial charge in [0.2, 0.25) is 0 Å². The second-order valence-corrected chi connectivity index (χ2v) is 5.17. The summed E-state index contributed by atoms with van der Waals surface area (Å²) in [5, 5.41) is 3.33. The number of pyridine rings is 1. The number of carbonyl (C=O) groups is 1. The van der Waals surface area contributed by atoms with Crippen molar-refractivity contribution in [3.05, 3.63) is 24.0 Å². The molecular weight excluding hydrogens is 240 g/mol. The molecule has 1 saturated heterocycles. The first kappa shape index (κ1) is 13.8. The summed E-state index contributed by atoms with van der Waals surface area (Å²) in [6.45, 7) is 2.02. The van der Waals surface area contributed by atoms with Crippen molar-refractivity contribution in [1.82, 2.24) is 15.2 Å². The Kier molecular flexibility index (Phi) is 4.37. The number of nitrogens with zero attached hydrogens (tertiary/aromatic N) is 3. The SMILES string of the molecule is CNC1CCCN(c2ccnc(C(=O)N(C)C)c2)C1. The van der Waals surface area contributed by atoms with E-state index in [1.165, 1.54) is 12.8 Å². The maximum Gasteiger partial charge on any atom is 0.272 e. The van der Waals surface area contributed by atoms with Crippen molar-refractivity contribution in [2.75, 3.05) is 39.1 Å². The monoisotopic (exact) mass is 262 g/mol. The minimum absolute atomic E-state index is 0.0518. The van der Waals surface area contributed by atoms with E-state index >= 15 is 0 Å². The number of anilines is 1. The molecule has 0 saturated carbocycles. The summed E-state index contributed by atoms with van der Waals surface area (Å²) >= 11 is 0. The van der Waals surface area contributed by atoms with E-state index in [0.717, 1.165) is 18.8 Å². The highest BCUT2D eigenvalue weighted by Gasteiger charge is 2.20. The molecule has 5 nitrogen and oxygen atoms in total. The first-order chi connectivity index (χ1) is 9.11. The molecule has 1 aromatic rings. The lowest BCUT2D eigenvalue weighted by molar-refractivity contribution is 0.0822. The van der Waals surface area contributed by atoms with E-state index in [1.807, 2.05) is 19.2 Å². The van der Waals surface area contributed by atoms with Crippen LogP contribution < -0.4 is 10.2 Å². The number of aromatic nitrogens is 1. The van der Waals surface area contributed by atoms with E-state index in [2.05, 4.69) is 15.2 Å². The molecule has 0 aromatic carbocycles. The fraction of sp³-hybridized carbons (Fsp3) is 0.571. The van der Waals surface area contributed by atoms with Crippen molar-refractivity contribution >= 4 is 11.6 Å². The zero-order valence-electron chi connectivity index (χ0n) is 11.9.